The second kappa shape index (κ2) is 6.50. The average Bonchev–Trinajstić information content (AvgIpc) is 3.21. The van der Waals surface area contributed by atoms with Crippen molar-refractivity contribution >= 4 is 0 Å². The molecule has 2 atom stereocenters. The summed E-state index contributed by atoms with van der Waals surface area (Å²) in [6, 6.07) is 4.68. The number of hydrogen-bond donors (Lipinski definition) is 1. The van der Waals surface area contributed by atoms with Crippen LogP contribution in [0.5, 0.6) is 0 Å². The molecule has 0 aliphatic rings. The summed E-state index contributed by atoms with van der Waals surface area (Å²) in [5, 5.41) is 15.4. The summed E-state index contributed by atoms with van der Waals surface area (Å²) >= 11 is 0. The molecule has 3 aromatic rings. The Morgan fingerprint density at radius 3 is 2.71 bits per heavy atom. The molecule has 0 spiro atoms. The normalized spacial score (nSPS) is 15.2. The molecule has 1 aromatic carbocycles. The van der Waals surface area contributed by atoms with Crippen molar-refractivity contribution in [1.29, 1.82) is 0 Å². The van der Waals surface area contributed by atoms with Crippen LogP contribution in [0.25, 0.3) is 0 Å². The van der Waals surface area contributed by atoms with E-state index in [-0.39, 0.29) is 12.1 Å². The monoisotopic (exact) mass is 334 g/mol. The number of nitrogens with zero attached hydrogens (tertiary/aromatic N) is 4. The van der Waals surface area contributed by atoms with Gasteiger partial charge in [-0.15, -0.1) is 0 Å². The molecule has 0 aliphatic heterocycles. The summed E-state index contributed by atoms with van der Waals surface area (Å²) in [7, 11) is 1.38. The molecule has 0 bridgehead atoms. The zero-order chi connectivity index (χ0) is 17.2. The number of rotatable bonds is 6. The second-order valence-corrected chi connectivity index (χ2v) is 5.36. The van der Waals surface area contributed by atoms with Crippen LogP contribution in [0, 0.1) is 11.6 Å². The van der Waals surface area contributed by atoms with E-state index in [2.05, 4.69) is 10.1 Å². The lowest BCUT2D eigenvalue weighted by Gasteiger charge is -2.36. The van der Waals surface area contributed by atoms with Crippen LogP contribution < -0.4 is 0 Å². The van der Waals surface area contributed by atoms with Crippen molar-refractivity contribution in [2.24, 2.45) is 0 Å². The summed E-state index contributed by atoms with van der Waals surface area (Å²) < 4.78 is 36.0. The van der Waals surface area contributed by atoms with Gasteiger partial charge < -0.3 is 14.4 Å². The van der Waals surface area contributed by atoms with Crippen LogP contribution in [0.15, 0.2) is 55.4 Å². The van der Waals surface area contributed by atoms with E-state index < -0.39 is 23.5 Å². The van der Waals surface area contributed by atoms with Crippen LogP contribution in [0.4, 0.5) is 8.78 Å². The van der Waals surface area contributed by atoms with Gasteiger partial charge in [0.15, 0.2) is 11.8 Å². The molecule has 6 nitrogen and oxygen atoms in total. The summed E-state index contributed by atoms with van der Waals surface area (Å²) in [5.41, 5.74) is -1.95. The maximum atomic E-state index is 14.4. The number of ether oxygens (including phenoxy) is 1. The van der Waals surface area contributed by atoms with E-state index in [1.54, 1.807) is 23.0 Å². The third-order valence-electron chi connectivity index (χ3n) is 3.78. The molecule has 0 saturated carbocycles. The van der Waals surface area contributed by atoms with Crippen LogP contribution >= 0.6 is 0 Å². The number of halogens is 2. The summed E-state index contributed by atoms with van der Waals surface area (Å²) in [6.07, 6.45) is 6.73. The van der Waals surface area contributed by atoms with Gasteiger partial charge >= 0.3 is 0 Å². The lowest BCUT2D eigenvalue weighted by atomic mass is 9.90. The quantitative estimate of drug-likeness (QED) is 0.750. The highest BCUT2D eigenvalue weighted by atomic mass is 19.1. The molecule has 0 aliphatic carbocycles. The first-order valence-corrected chi connectivity index (χ1v) is 7.20. The summed E-state index contributed by atoms with van der Waals surface area (Å²) in [4.78, 5) is 3.92. The fourth-order valence-electron chi connectivity index (χ4n) is 2.74. The van der Waals surface area contributed by atoms with Crippen molar-refractivity contribution in [3.05, 3.63) is 72.6 Å². The zero-order valence-corrected chi connectivity index (χ0v) is 12.9. The molecule has 0 fully saturated rings. The Morgan fingerprint density at radius 1 is 1.29 bits per heavy atom. The maximum absolute atomic E-state index is 14.4. The molecule has 2 heterocycles. The smallest absolute Gasteiger partial charge is 0.184 e. The molecule has 0 amide bonds. The lowest BCUT2D eigenvalue weighted by Crippen LogP contribution is -2.42. The van der Waals surface area contributed by atoms with E-state index in [1.807, 2.05) is 0 Å². The molecule has 2 aromatic heterocycles. The van der Waals surface area contributed by atoms with E-state index in [4.69, 9.17) is 4.74 Å². The standard InChI is InChI=1S/C16H16F2N4O2/c1-24-15(22-7-2-5-20-22)16(23,10-21-8-6-19-11-21)13-4-3-12(17)9-14(13)18/h2-9,11,15,23H,10H2,1H3/t15-,16+/m1/s1. The highest BCUT2D eigenvalue weighted by Gasteiger charge is 2.43. The highest BCUT2D eigenvalue weighted by Crippen LogP contribution is 2.37. The minimum absolute atomic E-state index is 0.0616. The lowest BCUT2D eigenvalue weighted by molar-refractivity contribution is -0.154. The first-order chi connectivity index (χ1) is 11.5. The number of imidazole rings is 1. The molecule has 126 valence electrons. The number of benzene rings is 1. The predicted octanol–water partition coefficient (Wildman–Crippen LogP) is 2.09. The largest absolute Gasteiger partial charge is 0.378 e. The van der Waals surface area contributed by atoms with Crippen LogP contribution in [0.3, 0.4) is 0 Å². The third-order valence-corrected chi connectivity index (χ3v) is 3.78. The molecular weight excluding hydrogens is 318 g/mol. The minimum atomic E-state index is -1.85. The highest BCUT2D eigenvalue weighted by molar-refractivity contribution is 5.26. The van der Waals surface area contributed by atoms with Gasteiger partial charge in [-0.1, -0.05) is 6.07 Å². The maximum Gasteiger partial charge on any atom is 0.184 e. The van der Waals surface area contributed by atoms with E-state index in [0.717, 1.165) is 12.1 Å². The van der Waals surface area contributed by atoms with Gasteiger partial charge in [0.1, 0.15) is 11.6 Å². The number of methoxy groups -OCH3 is 1. The van der Waals surface area contributed by atoms with E-state index >= 15 is 0 Å². The first-order valence-electron chi connectivity index (χ1n) is 7.20. The molecule has 8 heteroatoms. The molecule has 24 heavy (non-hydrogen) atoms. The Balaban J connectivity index is 2.12. The summed E-state index contributed by atoms with van der Waals surface area (Å²) in [6.45, 7) is -0.0616. The Kier molecular flexibility index (Phi) is 4.41. The fraction of sp³-hybridized carbons (Fsp3) is 0.250. The SMILES string of the molecule is CO[C@@H](n1cccn1)[C@](O)(Cn1ccnc1)c1ccc(F)cc1F. The molecule has 1 N–H and O–H groups in total. The van der Waals surface area contributed by atoms with E-state index in [9.17, 15) is 13.9 Å². The molecule has 0 saturated heterocycles. The van der Waals surface area contributed by atoms with Crippen molar-refractivity contribution in [1.82, 2.24) is 19.3 Å². The van der Waals surface area contributed by atoms with Gasteiger partial charge in [0.25, 0.3) is 0 Å². The van der Waals surface area contributed by atoms with E-state index in [0.29, 0.717) is 0 Å². The Labute approximate surface area is 136 Å². The number of aliphatic hydroxyl groups is 1. The number of hydrogen-bond acceptors (Lipinski definition) is 4. The van der Waals surface area contributed by atoms with Crippen LogP contribution in [-0.4, -0.2) is 31.5 Å². The van der Waals surface area contributed by atoms with Gasteiger partial charge in [-0.25, -0.2) is 18.4 Å². The Bertz CT molecular complexity index is 793. The fourth-order valence-corrected chi connectivity index (χ4v) is 2.74. The van der Waals surface area contributed by atoms with Gasteiger partial charge in [0, 0.05) is 43.5 Å². The van der Waals surface area contributed by atoms with Gasteiger partial charge in [0.05, 0.1) is 12.9 Å². The van der Waals surface area contributed by atoms with Crippen LogP contribution in [0.2, 0.25) is 0 Å². The van der Waals surface area contributed by atoms with Crippen molar-refractivity contribution < 1.29 is 18.6 Å². The average molecular weight is 334 g/mol. The zero-order valence-electron chi connectivity index (χ0n) is 12.9. The second-order valence-electron chi connectivity index (χ2n) is 5.36. The minimum Gasteiger partial charge on any atom is -0.378 e. The summed E-state index contributed by atoms with van der Waals surface area (Å²) in [5.74, 6) is -1.60. The Hall–Kier alpha value is -2.58. The predicted molar refractivity (Wildman–Crippen MR) is 80.8 cm³/mol. The topological polar surface area (TPSA) is 65.1 Å². The van der Waals surface area contributed by atoms with Crippen molar-refractivity contribution in [3.8, 4) is 0 Å². The van der Waals surface area contributed by atoms with E-state index in [1.165, 1.54) is 36.6 Å². The number of aromatic nitrogens is 4. The van der Waals surface area contributed by atoms with Gasteiger partial charge in [-0.05, 0) is 12.1 Å². The third kappa shape index (κ3) is 2.93. The van der Waals surface area contributed by atoms with Crippen LogP contribution in [0.1, 0.15) is 11.8 Å². The molecule has 0 unspecified atom stereocenters. The first kappa shape index (κ1) is 16.3. The van der Waals surface area contributed by atoms with Crippen LogP contribution in [-0.2, 0) is 16.9 Å². The Morgan fingerprint density at radius 2 is 2.12 bits per heavy atom. The van der Waals surface area contributed by atoms with Crippen molar-refractivity contribution in [3.63, 3.8) is 0 Å². The van der Waals surface area contributed by atoms with Gasteiger partial charge in [0.2, 0.25) is 0 Å². The van der Waals surface area contributed by atoms with Crippen molar-refractivity contribution in [2.45, 2.75) is 18.4 Å². The van der Waals surface area contributed by atoms with Gasteiger partial charge in [-0.3, -0.25) is 0 Å². The molecule has 0 radical (unpaired) electrons. The molecule has 3 rings (SSSR count). The van der Waals surface area contributed by atoms with Gasteiger partial charge in [-0.2, -0.15) is 5.10 Å². The molecular formula is C16H16F2N4O2. The van der Waals surface area contributed by atoms with Crippen molar-refractivity contribution in [2.75, 3.05) is 7.11 Å².